The maximum Gasteiger partial charge on any atom is 0.225 e. The van der Waals surface area contributed by atoms with Crippen LogP contribution < -0.4 is 5.32 Å². The number of amides is 1. The zero-order valence-electron chi connectivity index (χ0n) is 8.75. The molecule has 0 aliphatic rings. The van der Waals surface area contributed by atoms with E-state index in [2.05, 4.69) is 19.2 Å². The highest BCUT2D eigenvalue weighted by Gasteiger charge is 2.08. The lowest BCUT2D eigenvalue weighted by atomic mass is 10.1. The monoisotopic (exact) mass is 211 g/mol. The van der Waals surface area contributed by atoms with Gasteiger partial charge in [0.05, 0.1) is 6.42 Å². The first kappa shape index (κ1) is 11.2. The van der Waals surface area contributed by atoms with Crippen LogP contribution in [0.15, 0.2) is 17.5 Å². The van der Waals surface area contributed by atoms with Crippen LogP contribution in [-0.2, 0) is 11.2 Å². The molecular formula is C11H17NOS. The predicted molar refractivity (Wildman–Crippen MR) is 60.5 cm³/mol. The quantitative estimate of drug-likeness (QED) is 0.797. The second-order valence-electron chi connectivity index (χ2n) is 3.34. The topological polar surface area (TPSA) is 29.1 Å². The maximum atomic E-state index is 11.5. The van der Waals surface area contributed by atoms with E-state index >= 15 is 0 Å². The fourth-order valence-corrected chi connectivity index (χ4v) is 2.05. The number of rotatable bonds is 5. The SMILES string of the molecule is CCC(CC)NC(=O)Cc1cccs1. The van der Waals surface area contributed by atoms with Crippen molar-refractivity contribution in [3.8, 4) is 0 Å². The van der Waals surface area contributed by atoms with Gasteiger partial charge in [0.1, 0.15) is 0 Å². The Bertz CT molecular complexity index is 265. The van der Waals surface area contributed by atoms with Crippen molar-refractivity contribution >= 4 is 17.2 Å². The van der Waals surface area contributed by atoms with Gasteiger partial charge in [-0.3, -0.25) is 4.79 Å². The van der Waals surface area contributed by atoms with Crippen LogP contribution in [0.5, 0.6) is 0 Å². The van der Waals surface area contributed by atoms with Gasteiger partial charge < -0.3 is 5.32 Å². The lowest BCUT2D eigenvalue weighted by molar-refractivity contribution is -0.121. The molecule has 0 aliphatic carbocycles. The van der Waals surface area contributed by atoms with Crippen molar-refractivity contribution in [3.05, 3.63) is 22.4 Å². The van der Waals surface area contributed by atoms with Crippen molar-refractivity contribution in [2.75, 3.05) is 0 Å². The number of thiophene rings is 1. The van der Waals surface area contributed by atoms with Crippen LogP contribution in [-0.4, -0.2) is 11.9 Å². The van der Waals surface area contributed by atoms with E-state index in [-0.39, 0.29) is 5.91 Å². The molecule has 1 amide bonds. The van der Waals surface area contributed by atoms with E-state index < -0.39 is 0 Å². The lowest BCUT2D eigenvalue weighted by Gasteiger charge is -2.13. The van der Waals surface area contributed by atoms with Gasteiger partial charge in [-0.05, 0) is 24.3 Å². The van der Waals surface area contributed by atoms with Crippen LogP contribution >= 0.6 is 11.3 Å². The van der Waals surface area contributed by atoms with Gasteiger partial charge in [0.15, 0.2) is 0 Å². The van der Waals surface area contributed by atoms with Gasteiger partial charge in [0.2, 0.25) is 5.91 Å². The molecule has 3 heteroatoms. The van der Waals surface area contributed by atoms with Crippen molar-refractivity contribution in [2.24, 2.45) is 0 Å². The van der Waals surface area contributed by atoms with Crippen molar-refractivity contribution in [3.63, 3.8) is 0 Å². The van der Waals surface area contributed by atoms with Crippen molar-refractivity contribution in [1.29, 1.82) is 0 Å². The Hall–Kier alpha value is -0.830. The summed E-state index contributed by atoms with van der Waals surface area (Å²) in [5.74, 6) is 0.140. The highest BCUT2D eigenvalue weighted by Crippen LogP contribution is 2.09. The van der Waals surface area contributed by atoms with E-state index in [1.165, 1.54) is 0 Å². The molecule has 78 valence electrons. The third kappa shape index (κ3) is 3.50. The first-order valence-electron chi connectivity index (χ1n) is 5.08. The molecule has 0 aliphatic heterocycles. The summed E-state index contributed by atoms with van der Waals surface area (Å²) >= 11 is 1.63. The molecule has 1 N–H and O–H groups in total. The molecule has 0 bridgehead atoms. The summed E-state index contributed by atoms with van der Waals surface area (Å²) in [6.45, 7) is 4.19. The number of hydrogen-bond acceptors (Lipinski definition) is 2. The summed E-state index contributed by atoms with van der Waals surface area (Å²) in [5.41, 5.74) is 0. The lowest BCUT2D eigenvalue weighted by Crippen LogP contribution is -2.34. The molecule has 0 spiro atoms. The normalized spacial score (nSPS) is 10.5. The molecule has 0 saturated carbocycles. The highest BCUT2D eigenvalue weighted by atomic mass is 32.1. The molecule has 0 radical (unpaired) electrons. The number of hydrogen-bond donors (Lipinski definition) is 1. The summed E-state index contributed by atoms with van der Waals surface area (Å²) < 4.78 is 0. The van der Waals surface area contributed by atoms with Gasteiger partial charge in [-0.2, -0.15) is 0 Å². The third-order valence-corrected chi connectivity index (χ3v) is 3.14. The van der Waals surface area contributed by atoms with Gasteiger partial charge in [0.25, 0.3) is 0 Å². The molecule has 1 rings (SSSR count). The van der Waals surface area contributed by atoms with E-state index in [4.69, 9.17) is 0 Å². The molecule has 1 aromatic rings. The average Bonchev–Trinajstić information content (AvgIpc) is 2.66. The molecule has 0 aromatic carbocycles. The van der Waals surface area contributed by atoms with Crippen LogP contribution in [0.4, 0.5) is 0 Å². The molecule has 14 heavy (non-hydrogen) atoms. The Morgan fingerprint density at radius 3 is 2.71 bits per heavy atom. The minimum atomic E-state index is 0.140. The maximum absolute atomic E-state index is 11.5. The number of carbonyl (C=O) groups is 1. The Labute approximate surface area is 89.3 Å². The van der Waals surface area contributed by atoms with Crippen molar-refractivity contribution < 1.29 is 4.79 Å². The molecule has 0 unspecified atom stereocenters. The number of nitrogens with one attached hydrogen (secondary N) is 1. The summed E-state index contributed by atoms with van der Waals surface area (Å²) in [6, 6.07) is 4.31. The van der Waals surface area contributed by atoms with Gasteiger partial charge in [0, 0.05) is 10.9 Å². The first-order valence-corrected chi connectivity index (χ1v) is 5.96. The fourth-order valence-electron chi connectivity index (χ4n) is 1.34. The Morgan fingerprint density at radius 2 is 2.21 bits per heavy atom. The van der Waals surface area contributed by atoms with E-state index in [9.17, 15) is 4.79 Å². The zero-order valence-corrected chi connectivity index (χ0v) is 9.56. The van der Waals surface area contributed by atoms with Crippen molar-refractivity contribution in [1.82, 2.24) is 5.32 Å². The standard InChI is InChI=1S/C11H17NOS/c1-3-9(4-2)12-11(13)8-10-6-5-7-14-10/h5-7,9H,3-4,8H2,1-2H3,(H,12,13). The van der Waals surface area contributed by atoms with Crippen LogP contribution in [0, 0.1) is 0 Å². The van der Waals surface area contributed by atoms with E-state index in [0.29, 0.717) is 12.5 Å². The van der Waals surface area contributed by atoms with Crippen LogP contribution in [0.3, 0.4) is 0 Å². The summed E-state index contributed by atoms with van der Waals surface area (Å²) in [4.78, 5) is 12.7. The summed E-state index contributed by atoms with van der Waals surface area (Å²) in [7, 11) is 0. The molecule has 1 heterocycles. The molecule has 0 fully saturated rings. The van der Waals surface area contributed by atoms with Gasteiger partial charge in [-0.1, -0.05) is 19.9 Å². The predicted octanol–water partition coefficient (Wildman–Crippen LogP) is 2.60. The minimum absolute atomic E-state index is 0.140. The zero-order chi connectivity index (χ0) is 10.4. The molecular weight excluding hydrogens is 194 g/mol. The van der Waals surface area contributed by atoms with Crippen molar-refractivity contribution in [2.45, 2.75) is 39.2 Å². The van der Waals surface area contributed by atoms with E-state index in [1.807, 2.05) is 17.5 Å². The van der Waals surface area contributed by atoms with E-state index in [1.54, 1.807) is 11.3 Å². The van der Waals surface area contributed by atoms with Gasteiger partial charge in [-0.25, -0.2) is 0 Å². The molecule has 0 saturated heterocycles. The van der Waals surface area contributed by atoms with Crippen LogP contribution in [0.1, 0.15) is 31.6 Å². The average molecular weight is 211 g/mol. The molecule has 2 nitrogen and oxygen atoms in total. The van der Waals surface area contributed by atoms with Crippen LogP contribution in [0.25, 0.3) is 0 Å². The Morgan fingerprint density at radius 1 is 1.50 bits per heavy atom. The third-order valence-electron chi connectivity index (χ3n) is 2.27. The highest BCUT2D eigenvalue weighted by molar-refractivity contribution is 7.10. The number of carbonyl (C=O) groups excluding carboxylic acids is 1. The Kier molecular flexibility index (Phi) is 4.66. The van der Waals surface area contributed by atoms with E-state index in [0.717, 1.165) is 17.7 Å². The van der Waals surface area contributed by atoms with Crippen LogP contribution in [0.2, 0.25) is 0 Å². The van der Waals surface area contributed by atoms with Gasteiger partial charge >= 0.3 is 0 Å². The summed E-state index contributed by atoms with van der Waals surface area (Å²) in [6.07, 6.45) is 2.54. The fraction of sp³-hybridized carbons (Fsp3) is 0.545. The van der Waals surface area contributed by atoms with Gasteiger partial charge in [-0.15, -0.1) is 11.3 Å². The second kappa shape index (κ2) is 5.81. The molecule has 0 atom stereocenters. The first-order chi connectivity index (χ1) is 6.76. The Balaban J connectivity index is 2.35. The largest absolute Gasteiger partial charge is 0.353 e. The minimum Gasteiger partial charge on any atom is -0.353 e. The smallest absolute Gasteiger partial charge is 0.225 e. The molecule has 1 aromatic heterocycles. The second-order valence-corrected chi connectivity index (χ2v) is 4.37. The summed E-state index contributed by atoms with van der Waals surface area (Å²) in [5, 5.41) is 5.02.